The predicted octanol–water partition coefficient (Wildman–Crippen LogP) is 1.65. The first-order valence-corrected chi connectivity index (χ1v) is 5.64. The van der Waals surface area contributed by atoms with Gasteiger partial charge in [-0.2, -0.15) is 0 Å². The fourth-order valence-corrected chi connectivity index (χ4v) is 1.71. The molecule has 1 unspecified atom stereocenters. The molecule has 1 aromatic heterocycles. The third-order valence-corrected chi connectivity index (χ3v) is 2.78. The summed E-state index contributed by atoms with van der Waals surface area (Å²) in [5.41, 5.74) is 0.417. The number of rotatable bonds is 3. The van der Waals surface area contributed by atoms with E-state index in [0.717, 1.165) is 0 Å². The highest BCUT2D eigenvalue weighted by molar-refractivity contribution is 5.33. The number of aromatic nitrogens is 2. The summed E-state index contributed by atoms with van der Waals surface area (Å²) in [7, 11) is 1.79. The molecule has 0 saturated carbocycles. The van der Waals surface area contributed by atoms with Gasteiger partial charge in [0.1, 0.15) is 11.6 Å². The van der Waals surface area contributed by atoms with E-state index in [-0.39, 0.29) is 17.4 Å². The van der Waals surface area contributed by atoms with E-state index < -0.39 is 0 Å². The lowest BCUT2D eigenvalue weighted by atomic mass is 10.2. The summed E-state index contributed by atoms with van der Waals surface area (Å²) in [6.07, 6.45) is 1.48. The van der Waals surface area contributed by atoms with Crippen LogP contribution in [-0.2, 0) is 0 Å². The Morgan fingerprint density at radius 2 is 1.94 bits per heavy atom. The fourth-order valence-electron chi connectivity index (χ4n) is 1.71. The van der Waals surface area contributed by atoms with Gasteiger partial charge in [-0.3, -0.25) is 9.36 Å². The monoisotopic (exact) mass is 247 g/mol. The van der Waals surface area contributed by atoms with Crippen molar-refractivity contribution in [3.05, 3.63) is 58.5 Å². The van der Waals surface area contributed by atoms with Crippen LogP contribution < -0.4 is 10.9 Å². The minimum Gasteiger partial charge on any atom is -0.311 e. The third kappa shape index (κ3) is 2.31. The van der Waals surface area contributed by atoms with Crippen molar-refractivity contribution < 1.29 is 4.39 Å². The summed E-state index contributed by atoms with van der Waals surface area (Å²) in [5.74, 6) is 0.260. The number of halogens is 1. The number of benzene rings is 1. The number of hydrogen-bond donors (Lipinski definition) is 1. The quantitative estimate of drug-likeness (QED) is 0.897. The average Bonchev–Trinajstić information content (AvgIpc) is 2.39. The molecule has 0 bridgehead atoms. The number of hydrogen-bond acceptors (Lipinski definition) is 3. The van der Waals surface area contributed by atoms with Crippen molar-refractivity contribution in [2.45, 2.75) is 13.0 Å². The van der Waals surface area contributed by atoms with Crippen LogP contribution in [0.3, 0.4) is 0 Å². The van der Waals surface area contributed by atoms with Gasteiger partial charge in [0.2, 0.25) is 0 Å². The van der Waals surface area contributed by atoms with Crippen LogP contribution in [0, 0.1) is 5.82 Å². The minimum absolute atomic E-state index is 0.0797. The summed E-state index contributed by atoms with van der Waals surface area (Å²) in [5, 5.41) is 3.03. The average molecular weight is 247 g/mol. The summed E-state index contributed by atoms with van der Waals surface area (Å²) >= 11 is 0. The van der Waals surface area contributed by atoms with Gasteiger partial charge < -0.3 is 5.32 Å². The first-order valence-electron chi connectivity index (χ1n) is 5.64. The molecule has 0 aliphatic carbocycles. The summed E-state index contributed by atoms with van der Waals surface area (Å²) < 4.78 is 14.4. The van der Waals surface area contributed by atoms with E-state index in [1.54, 1.807) is 19.2 Å². The van der Waals surface area contributed by atoms with Gasteiger partial charge in [0, 0.05) is 12.3 Å². The molecular weight excluding hydrogens is 233 g/mol. The van der Waals surface area contributed by atoms with Crippen molar-refractivity contribution in [3.8, 4) is 5.69 Å². The van der Waals surface area contributed by atoms with Crippen molar-refractivity contribution in [1.82, 2.24) is 14.9 Å². The maximum Gasteiger partial charge on any atom is 0.258 e. The molecule has 0 aliphatic heterocycles. The highest BCUT2D eigenvalue weighted by Gasteiger charge is 2.12. The van der Waals surface area contributed by atoms with E-state index in [1.165, 1.54) is 29.0 Å². The van der Waals surface area contributed by atoms with Gasteiger partial charge in [-0.05, 0) is 38.2 Å². The molecule has 1 atom stereocenters. The molecule has 2 aromatic rings. The van der Waals surface area contributed by atoms with Crippen molar-refractivity contribution in [1.29, 1.82) is 0 Å². The molecular formula is C13H14FN3O. The Hall–Kier alpha value is -2.01. The first kappa shape index (κ1) is 12.4. The number of nitrogens with one attached hydrogen (secondary N) is 1. The van der Waals surface area contributed by atoms with Crippen LogP contribution in [0.25, 0.3) is 5.69 Å². The second-order valence-corrected chi connectivity index (χ2v) is 3.96. The van der Waals surface area contributed by atoms with Crippen LogP contribution in [0.5, 0.6) is 0 Å². The smallest absolute Gasteiger partial charge is 0.258 e. The standard InChI is InChI=1S/C13H14FN3O/c1-9(15-2)13-16-8-7-12(18)17(13)11-5-3-10(14)4-6-11/h3-9,15H,1-2H3. The fraction of sp³-hybridized carbons (Fsp3) is 0.231. The lowest BCUT2D eigenvalue weighted by Crippen LogP contribution is -2.27. The zero-order valence-corrected chi connectivity index (χ0v) is 10.2. The van der Waals surface area contributed by atoms with Gasteiger partial charge in [-0.25, -0.2) is 9.37 Å². The van der Waals surface area contributed by atoms with Crippen molar-refractivity contribution in [2.24, 2.45) is 0 Å². The molecule has 0 saturated heterocycles. The lowest BCUT2D eigenvalue weighted by molar-refractivity contribution is 0.583. The highest BCUT2D eigenvalue weighted by Crippen LogP contribution is 2.13. The van der Waals surface area contributed by atoms with Gasteiger partial charge in [0.25, 0.3) is 5.56 Å². The van der Waals surface area contributed by atoms with Gasteiger partial charge in [0.05, 0.1) is 11.7 Å². The van der Waals surface area contributed by atoms with E-state index in [2.05, 4.69) is 10.3 Å². The maximum absolute atomic E-state index is 12.9. The zero-order valence-electron chi connectivity index (χ0n) is 10.2. The normalized spacial score (nSPS) is 12.4. The third-order valence-electron chi connectivity index (χ3n) is 2.78. The summed E-state index contributed by atoms with van der Waals surface area (Å²) in [6.45, 7) is 1.90. The molecule has 94 valence electrons. The molecule has 5 heteroatoms. The lowest BCUT2D eigenvalue weighted by Gasteiger charge is -2.16. The Kier molecular flexibility index (Phi) is 3.53. The second kappa shape index (κ2) is 5.10. The van der Waals surface area contributed by atoms with E-state index >= 15 is 0 Å². The largest absolute Gasteiger partial charge is 0.311 e. The molecule has 0 radical (unpaired) electrons. The van der Waals surface area contributed by atoms with Gasteiger partial charge >= 0.3 is 0 Å². The van der Waals surface area contributed by atoms with Crippen LogP contribution in [0.2, 0.25) is 0 Å². The van der Waals surface area contributed by atoms with Gasteiger partial charge in [-0.15, -0.1) is 0 Å². The molecule has 0 fully saturated rings. The van der Waals surface area contributed by atoms with Crippen LogP contribution in [0.4, 0.5) is 4.39 Å². The Labute approximate surface area is 104 Å². The minimum atomic E-state index is -0.334. The molecule has 4 nitrogen and oxygen atoms in total. The summed E-state index contributed by atoms with van der Waals surface area (Å²) in [4.78, 5) is 16.2. The van der Waals surface area contributed by atoms with Crippen molar-refractivity contribution in [2.75, 3.05) is 7.05 Å². The Bertz CT molecular complexity index is 592. The molecule has 0 amide bonds. The van der Waals surface area contributed by atoms with E-state index in [9.17, 15) is 9.18 Å². The van der Waals surface area contributed by atoms with Crippen molar-refractivity contribution >= 4 is 0 Å². The van der Waals surface area contributed by atoms with Crippen LogP contribution in [-0.4, -0.2) is 16.6 Å². The Morgan fingerprint density at radius 1 is 1.28 bits per heavy atom. The molecule has 0 spiro atoms. The van der Waals surface area contributed by atoms with Crippen LogP contribution in [0.1, 0.15) is 18.8 Å². The Balaban J connectivity index is 2.62. The number of nitrogens with zero attached hydrogens (tertiary/aromatic N) is 2. The first-order chi connectivity index (χ1) is 8.63. The van der Waals surface area contributed by atoms with Gasteiger partial charge in [0.15, 0.2) is 0 Å². The molecule has 18 heavy (non-hydrogen) atoms. The van der Waals surface area contributed by atoms with Crippen LogP contribution in [0.15, 0.2) is 41.3 Å². The van der Waals surface area contributed by atoms with E-state index in [1.807, 2.05) is 6.92 Å². The van der Waals surface area contributed by atoms with E-state index in [4.69, 9.17) is 0 Å². The van der Waals surface area contributed by atoms with Crippen LogP contribution >= 0.6 is 0 Å². The molecule has 1 aromatic carbocycles. The van der Waals surface area contributed by atoms with Crippen molar-refractivity contribution in [3.63, 3.8) is 0 Å². The Morgan fingerprint density at radius 3 is 2.56 bits per heavy atom. The molecule has 0 aliphatic rings. The summed E-state index contributed by atoms with van der Waals surface area (Å²) in [6, 6.07) is 7.07. The molecule has 1 heterocycles. The SMILES string of the molecule is CNC(C)c1nccc(=O)n1-c1ccc(F)cc1. The maximum atomic E-state index is 12.9. The molecule has 1 N–H and O–H groups in total. The van der Waals surface area contributed by atoms with Gasteiger partial charge in [-0.1, -0.05) is 0 Å². The van der Waals surface area contributed by atoms with E-state index in [0.29, 0.717) is 11.5 Å². The zero-order chi connectivity index (χ0) is 13.1. The topological polar surface area (TPSA) is 46.9 Å². The predicted molar refractivity (Wildman–Crippen MR) is 67.3 cm³/mol. The highest BCUT2D eigenvalue weighted by atomic mass is 19.1. The molecule has 2 rings (SSSR count). The second-order valence-electron chi connectivity index (χ2n) is 3.96.